The van der Waals surface area contributed by atoms with Gasteiger partial charge in [-0.25, -0.2) is 0 Å². The fraction of sp³-hybridized carbons (Fsp3) is 0.357. The standard InChI is InChI=1S/C14H14ClN3OS2/c1-14(11-16-7-2-8-18(11)13(21)19-14)12(20)17-10-5-3-9(15)4-6-10/h3-6H,2,7-8H2,1H3,(H,17,20). The molecule has 3 rings (SSSR count). The Morgan fingerprint density at radius 3 is 2.86 bits per heavy atom. The Kier molecular flexibility index (Phi) is 3.86. The molecular weight excluding hydrogens is 326 g/mol. The fourth-order valence-electron chi connectivity index (χ4n) is 2.40. The molecule has 0 spiro atoms. The molecule has 21 heavy (non-hydrogen) atoms. The van der Waals surface area contributed by atoms with Crippen molar-refractivity contribution in [3.63, 3.8) is 0 Å². The average Bonchev–Trinajstić information content (AvgIpc) is 2.75. The Labute approximate surface area is 139 Å². The zero-order valence-corrected chi connectivity index (χ0v) is 13.8. The maximum Gasteiger partial charge on any atom is 0.266 e. The summed E-state index contributed by atoms with van der Waals surface area (Å²) in [5.74, 6) is 0.796. The number of benzene rings is 1. The van der Waals surface area contributed by atoms with Crippen LogP contribution in [0.2, 0.25) is 5.02 Å². The van der Waals surface area contributed by atoms with Crippen molar-refractivity contribution in [1.29, 1.82) is 0 Å². The number of rotatable bonds is 2. The van der Waals surface area contributed by atoms with Gasteiger partial charge in [-0.15, -0.1) is 0 Å². The summed E-state index contributed by atoms with van der Waals surface area (Å²) >= 11 is 16.7. The van der Waals surface area contributed by atoms with Crippen molar-refractivity contribution in [2.75, 3.05) is 18.4 Å². The minimum atomic E-state index is -0.813. The van der Waals surface area contributed by atoms with E-state index in [-0.39, 0.29) is 0 Å². The van der Waals surface area contributed by atoms with Gasteiger partial charge in [-0.2, -0.15) is 0 Å². The van der Waals surface area contributed by atoms with E-state index in [1.807, 2.05) is 24.0 Å². The largest absolute Gasteiger partial charge is 0.449 e. The van der Waals surface area contributed by atoms with Crippen LogP contribution in [0.3, 0.4) is 0 Å². The Morgan fingerprint density at radius 1 is 1.43 bits per heavy atom. The molecule has 0 saturated carbocycles. The Bertz CT molecular complexity index is 632. The summed E-state index contributed by atoms with van der Waals surface area (Å²) in [5, 5.41) is 4.31. The van der Waals surface area contributed by atoms with Crippen molar-refractivity contribution in [2.45, 2.75) is 18.9 Å². The van der Waals surface area contributed by atoms with Crippen LogP contribution in [0.15, 0.2) is 29.3 Å². The number of amidine groups is 1. The van der Waals surface area contributed by atoms with E-state index >= 15 is 0 Å². The summed E-state index contributed by atoms with van der Waals surface area (Å²) in [6.07, 6.45) is 0.973. The molecule has 2 heterocycles. The number of hydrogen-bond donors (Lipinski definition) is 1. The van der Waals surface area contributed by atoms with Gasteiger partial charge in [0.15, 0.2) is 5.84 Å². The van der Waals surface area contributed by atoms with E-state index in [9.17, 15) is 0 Å². The quantitative estimate of drug-likeness (QED) is 0.837. The lowest BCUT2D eigenvalue weighted by Gasteiger charge is -2.27. The highest BCUT2D eigenvalue weighted by molar-refractivity contribution is 7.81. The van der Waals surface area contributed by atoms with Gasteiger partial charge in [0.05, 0.1) is 0 Å². The van der Waals surface area contributed by atoms with Gasteiger partial charge in [-0.05, 0) is 49.8 Å². The zero-order chi connectivity index (χ0) is 15.0. The highest BCUT2D eigenvalue weighted by Crippen LogP contribution is 2.30. The van der Waals surface area contributed by atoms with Crippen LogP contribution in [-0.2, 0) is 4.74 Å². The van der Waals surface area contributed by atoms with Crippen LogP contribution in [0, 0.1) is 0 Å². The van der Waals surface area contributed by atoms with Gasteiger partial charge in [0.2, 0.25) is 5.60 Å². The minimum Gasteiger partial charge on any atom is -0.449 e. The number of halogens is 1. The molecule has 7 heteroatoms. The lowest BCUT2D eigenvalue weighted by Crippen LogP contribution is -2.48. The van der Waals surface area contributed by atoms with E-state index < -0.39 is 5.60 Å². The molecule has 2 aliphatic heterocycles. The zero-order valence-electron chi connectivity index (χ0n) is 11.4. The van der Waals surface area contributed by atoms with Gasteiger partial charge in [-0.3, -0.25) is 9.89 Å². The van der Waals surface area contributed by atoms with Crippen LogP contribution in [0.25, 0.3) is 0 Å². The average molecular weight is 340 g/mol. The first kappa shape index (κ1) is 14.7. The van der Waals surface area contributed by atoms with E-state index in [1.54, 1.807) is 12.1 Å². The highest BCUT2D eigenvalue weighted by atomic mass is 35.5. The molecule has 4 nitrogen and oxygen atoms in total. The Balaban J connectivity index is 1.84. The van der Waals surface area contributed by atoms with Crippen LogP contribution in [0.5, 0.6) is 0 Å². The van der Waals surface area contributed by atoms with Crippen LogP contribution in [0.1, 0.15) is 13.3 Å². The summed E-state index contributed by atoms with van der Waals surface area (Å²) < 4.78 is 5.85. The van der Waals surface area contributed by atoms with Crippen molar-refractivity contribution < 1.29 is 4.74 Å². The lowest BCUT2D eigenvalue weighted by atomic mass is 10.0. The van der Waals surface area contributed by atoms with Gasteiger partial charge >= 0.3 is 0 Å². The van der Waals surface area contributed by atoms with Gasteiger partial charge in [0.25, 0.3) is 5.17 Å². The number of hydrogen-bond acceptors (Lipinski definition) is 4. The van der Waals surface area contributed by atoms with Crippen LogP contribution in [-0.4, -0.2) is 39.6 Å². The van der Waals surface area contributed by atoms with Crippen molar-refractivity contribution in [1.82, 2.24) is 4.90 Å². The molecule has 0 aliphatic carbocycles. The van der Waals surface area contributed by atoms with Crippen LogP contribution in [0.4, 0.5) is 5.69 Å². The molecule has 2 aliphatic rings. The van der Waals surface area contributed by atoms with Crippen molar-refractivity contribution in [3.8, 4) is 0 Å². The molecule has 1 atom stereocenters. The smallest absolute Gasteiger partial charge is 0.266 e. The van der Waals surface area contributed by atoms with E-state index in [2.05, 4.69) is 10.3 Å². The number of aliphatic imine (C=N–C) groups is 1. The molecule has 0 aromatic heterocycles. The second-order valence-corrected chi connectivity index (χ2v) is 6.27. The van der Waals surface area contributed by atoms with Crippen molar-refractivity contribution in [2.24, 2.45) is 4.99 Å². The van der Waals surface area contributed by atoms with Gasteiger partial charge in [0.1, 0.15) is 4.99 Å². The summed E-state index contributed by atoms with van der Waals surface area (Å²) in [5.41, 5.74) is 0.0435. The molecule has 1 aromatic carbocycles. The SMILES string of the molecule is CC1(C(=S)Nc2ccc(Cl)cc2)OC(=S)N2CCCN=C21. The monoisotopic (exact) mass is 339 g/mol. The minimum absolute atomic E-state index is 0.441. The van der Waals surface area contributed by atoms with Crippen molar-refractivity contribution >= 4 is 57.7 Å². The summed E-state index contributed by atoms with van der Waals surface area (Å²) in [7, 11) is 0. The van der Waals surface area contributed by atoms with Gasteiger partial charge < -0.3 is 10.1 Å². The normalized spacial score (nSPS) is 24.2. The Morgan fingerprint density at radius 2 is 2.14 bits per heavy atom. The maximum atomic E-state index is 5.88. The number of nitrogens with zero attached hydrogens (tertiary/aromatic N) is 2. The first-order valence-corrected chi connectivity index (χ1v) is 7.82. The van der Waals surface area contributed by atoms with Gasteiger partial charge in [0, 0.05) is 23.8 Å². The molecule has 0 bridgehead atoms. The van der Waals surface area contributed by atoms with Crippen LogP contribution < -0.4 is 5.32 Å². The molecule has 1 fully saturated rings. The fourth-order valence-corrected chi connectivity index (χ4v) is 3.12. The molecular formula is C14H14ClN3OS2. The number of nitrogens with one attached hydrogen (secondary N) is 1. The number of thiocarbonyl (C=S) groups is 2. The predicted octanol–water partition coefficient (Wildman–Crippen LogP) is 3.26. The van der Waals surface area contributed by atoms with E-state index in [0.29, 0.717) is 15.2 Å². The highest BCUT2D eigenvalue weighted by Gasteiger charge is 2.50. The third-order valence-corrected chi connectivity index (χ3v) is 4.58. The molecule has 0 amide bonds. The first-order chi connectivity index (χ1) is 10.0. The lowest BCUT2D eigenvalue weighted by molar-refractivity contribution is 0.239. The van der Waals surface area contributed by atoms with E-state index in [1.165, 1.54) is 0 Å². The predicted molar refractivity (Wildman–Crippen MR) is 93.4 cm³/mol. The van der Waals surface area contributed by atoms with E-state index in [0.717, 1.165) is 31.0 Å². The molecule has 110 valence electrons. The molecule has 0 radical (unpaired) electrons. The second kappa shape index (κ2) is 5.51. The molecule has 1 saturated heterocycles. The molecule has 1 unspecified atom stereocenters. The third-order valence-electron chi connectivity index (χ3n) is 3.53. The first-order valence-electron chi connectivity index (χ1n) is 6.63. The molecule has 1 N–H and O–H groups in total. The van der Waals surface area contributed by atoms with Crippen molar-refractivity contribution in [3.05, 3.63) is 29.3 Å². The number of anilines is 1. The number of fused-ring (bicyclic) bond motifs is 1. The second-order valence-electron chi connectivity index (χ2n) is 5.07. The maximum absolute atomic E-state index is 5.88. The topological polar surface area (TPSA) is 36.9 Å². The van der Waals surface area contributed by atoms with E-state index in [4.69, 9.17) is 40.8 Å². The van der Waals surface area contributed by atoms with Crippen LogP contribution >= 0.6 is 36.0 Å². The summed E-state index contributed by atoms with van der Waals surface area (Å²) in [4.78, 5) is 7.02. The Hall–Kier alpha value is -1.24. The van der Waals surface area contributed by atoms with Gasteiger partial charge in [-0.1, -0.05) is 23.8 Å². The third kappa shape index (κ3) is 2.63. The molecule has 1 aromatic rings. The number of ether oxygens (including phenoxy) is 1. The summed E-state index contributed by atoms with van der Waals surface area (Å²) in [6, 6.07) is 7.34. The summed E-state index contributed by atoms with van der Waals surface area (Å²) in [6.45, 7) is 3.50.